The number of alkyl halides is 1. The third-order valence-electron chi connectivity index (χ3n) is 7.21. The topological polar surface area (TPSA) is 40.5 Å². The first-order chi connectivity index (χ1) is 10.9. The first-order valence-corrected chi connectivity index (χ1v) is 8.70. The predicted molar refractivity (Wildman–Crippen MR) is 88.1 cm³/mol. The Morgan fingerprint density at radius 1 is 1.30 bits per heavy atom. The zero-order valence-electron chi connectivity index (χ0n) is 13.6. The largest absolute Gasteiger partial charge is 0.508 e. The van der Waals surface area contributed by atoms with Crippen molar-refractivity contribution >= 4 is 0 Å². The molecular formula is C20H25FO2. The van der Waals surface area contributed by atoms with Crippen LogP contribution in [0.2, 0.25) is 0 Å². The number of fused-ring (bicyclic) bond motifs is 5. The van der Waals surface area contributed by atoms with Gasteiger partial charge in [0, 0.05) is 10.8 Å². The summed E-state index contributed by atoms with van der Waals surface area (Å²) < 4.78 is 14.7. The van der Waals surface area contributed by atoms with Crippen LogP contribution < -0.4 is 0 Å². The van der Waals surface area contributed by atoms with Gasteiger partial charge in [-0.2, -0.15) is 0 Å². The molecule has 1 aromatic rings. The van der Waals surface area contributed by atoms with Gasteiger partial charge in [0.15, 0.2) is 0 Å². The van der Waals surface area contributed by atoms with Crippen LogP contribution in [0.25, 0.3) is 0 Å². The van der Waals surface area contributed by atoms with Gasteiger partial charge in [-0.25, -0.2) is 4.39 Å². The quantitative estimate of drug-likeness (QED) is 0.772. The third kappa shape index (κ3) is 1.83. The summed E-state index contributed by atoms with van der Waals surface area (Å²) in [5.74, 6) is 0.828. The fourth-order valence-electron chi connectivity index (χ4n) is 5.97. The number of phenolic OH excluding ortho intramolecular Hbond substituents is 1. The van der Waals surface area contributed by atoms with Crippen molar-refractivity contribution in [1.82, 2.24) is 0 Å². The Bertz CT molecular complexity index is 657. The van der Waals surface area contributed by atoms with E-state index in [-0.39, 0.29) is 11.3 Å². The smallest absolute Gasteiger partial charge is 0.131 e. The molecule has 1 aromatic carbocycles. The van der Waals surface area contributed by atoms with E-state index in [0.29, 0.717) is 18.1 Å². The normalized spacial score (nSPS) is 45.0. The van der Waals surface area contributed by atoms with Crippen LogP contribution in [-0.2, 0) is 11.8 Å². The molecule has 3 heteroatoms. The summed E-state index contributed by atoms with van der Waals surface area (Å²) in [5.41, 5.74) is 1.89. The highest BCUT2D eigenvalue weighted by Gasteiger charge is 2.62. The number of aromatic hydroxyl groups is 1. The van der Waals surface area contributed by atoms with Crippen LogP contribution in [0.15, 0.2) is 30.9 Å². The van der Waals surface area contributed by atoms with Crippen molar-refractivity contribution in [2.45, 2.75) is 56.7 Å². The fraction of sp³-hybridized carbons (Fsp3) is 0.600. The van der Waals surface area contributed by atoms with Crippen LogP contribution in [0.5, 0.6) is 5.75 Å². The lowest BCUT2D eigenvalue weighted by Gasteiger charge is -2.55. The minimum atomic E-state index is -1.11. The number of phenols is 1. The Balaban J connectivity index is 1.83. The maximum absolute atomic E-state index is 14.7. The molecule has 2 saturated carbocycles. The van der Waals surface area contributed by atoms with Gasteiger partial charge in [0.25, 0.3) is 0 Å². The molecule has 4 rings (SSSR count). The SMILES string of the molecule is C=C[C@]12CC[C@]3(C)C(F)[C@H](O)C[C@H]3[C@@H]1CCc1cc(O)ccc12. The number of allylic oxidation sites excluding steroid dienone is 1. The summed E-state index contributed by atoms with van der Waals surface area (Å²) in [6, 6.07) is 5.65. The zero-order valence-corrected chi connectivity index (χ0v) is 13.6. The monoisotopic (exact) mass is 316 g/mol. The zero-order chi connectivity index (χ0) is 16.4. The van der Waals surface area contributed by atoms with Gasteiger partial charge in [0.1, 0.15) is 11.9 Å². The van der Waals surface area contributed by atoms with Gasteiger partial charge in [-0.3, -0.25) is 0 Å². The van der Waals surface area contributed by atoms with Gasteiger partial charge in [0.2, 0.25) is 0 Å². The number of hydrogen-bond acceptors (Lipinski definition) is 2. The van der Waals surface area contributed by atoms with Crippen molar-refractivity contribution in [2.75, 3.05) is 0 Å². The number of benzene rings is 1. The standard InChI is InChI=1S/C20H25FO2/c1-3-20-9-8-19(2)16(11-17(23)18(19)21)15(20)6-4-12-10-13(22)5-7-14(12)20/h3,5,7,10,15-18,22-23H,1,4,6,8-9,11H2,2H3/t15-,16-,17+,18?,19-,20+/m0/s1. The van der Waals surface area contributed by atoms with Gasteiger partial charge in [0.05, 0.1) is 6.10 Å². The van der Waals surface area contributed by atoms with Crippen molar-refractivity contribution in [3.63, 3.8) is 0 Å². The maximum Gasteiger partial charge on any atom is 0.131 e. The minimum absolute atomic E-state index is 0.144. The molecule has 0 bridgehead atoms. The van der Waals surface area contributed by atoms with E-state index in [1.165, 1.54) is 11.1 Å². The van der Waals surface area contributed by atoms with E-state index in [1.54, 1.807) is 6.07 Å². The van der Waals surface area contributed by atoms with Crippen molar-refractivity contribution < 1.29 is 14.6 Å². The summed E-state index contributed by atoms with van der Waals surface area (Å²) in [4.78, 5) is 0. The van der Waals surface area contributed by atoms with Gasteiger partial charge in [-0.15, -0.1) is 6.58 Å². The van der Waals surface area contributed by atoms with E-state index in [4.69, 9.17) is 0 Å². The van der Waals surface area contributed by atoms with E-state index >= 15 is 0 Å². The molecular weight excluding hydrogens is 291 g/mol. The van der Waals surface area contributed by atoms with Crippen LogP contribution in [0, 0.1) is 17.3 Å². The molecule has 0 amide bonds. The second kappa shape index (κ2) is 4.83. The number of rotatable bonds is 1. The molecule has 2 fully saturated rings. The van der Waals surface area contributed by atoms with Crippen molar-refractivity contribution in [2.24, 2.45) is 17.3 Å². The molecule has 0 heterocycles. The summed E-state index contributed by atoms with van der Waals surface area (Å²) in [6.07, 6.45) is 4.21. The van der Waals surface area contributed by atoms with Crippen molar-refractivity contribution in [3.05, 3.63) is 42.0 Å². The van der Waals surface area contributed by atoms with Crippen molar-refractivity contribution in [1.29, 1.82) is 0 Å². The molecule has 23 heavy (non-hydrogen) atoms. The Labute approximate surface area is 137 Å². The van der Waals surface area contributed by atoms with Crippen LogP contribution in [-0.4, -0.2) is 22.5 Å². The third-order valence-corrected chi connectivity index (χ3v) is 7.21. The lowest BCUT2D eigenvalue weighted by molar-refractivity contribution is -0.0198. The molecule has 0 aromatic heterocycles. The second-order valence-corrected chi connectivity index (χ2v) is 8.05. The van der Waals surface area contributed by atoms with Crippen LogP contribution >= 0.6 is 0 Å². The molecule has 3 aliphatic carbocycles. The van der Waals surface area contributed by atoms with E-state index < -0.39 is 17.7 Å². The molecule has 6 atom stereocenters. The molecule has 0 saturated heterocycles. The summed E-state index contributed by atoms with van der Waals surface area (Å²) in [7, 11) is 0. The number of aliphatic hydroxyl groups excluding tert-OH is 1. The van der Waals surface area contributed by atoms with Gasteiger partial charge in [-0.1, -0.05) is 19.1 Å². The minimum Gasteiger partial charge on any atom is -0.508 e. The highest BCUT2D eigenvalue weighted by molar-refractivity contribution is 5.46. The molecule has 0 spiro atoms. The molecule has 0 radical (unpaired) electrons. The number of hydrogen-bond donors (Lipinski definition) is 2. The lowest BCUT2D eigenvalue weighted by Crippen LogP contribution is -2.51. The number of aryl methyl sites for hydroxylation is 1. The molecule has 0 aliphatic heterocycles. The Morgan fingerprint density at radius 2 is 2.09 bits per heavy atom. The average Bonchev–Trinajstić information content (AvgIpc) is 2.77. The highest BCUT2D eigenvalue weighted by atomic mass is 19.1. The van der Waals surface area contributed by atoms with Crippen LogP contribution in [0.4, 0.5) is 4.39 Å². The Morgan fingerprint density at radius 3 is 2.83 bits per heavy atom. The fourth-order valence-corrected chi connectivity index (χ4v) is 5.97. The predicted octanol–water partition coefficient (Wildman–Crippen LogP) is 3.90. The molecule has 3 aliphatic rings. The van der Waals surface area contributed by atoms with Gasteiger partial charge >= 0.3 is 0 Å². The van der Waals surface area contributed by atoms with E-state index in [2.05, 4.69) is 12.7 Å². The van der Waals surface area contributed by atoms with E-state index in [0.717, 1.165) is 25.7 Å². The average molecular weight is 316 g/mol. The van der Waals surface area contributed by atoms with E-state index in [1.807, 2.05) is 19.1 Å². The molecule has 2 nitrogen and oxygen atoms in total. The maximum atomic E-state index is 14.7. The Hall–Kier alpha value is -1.35. The number of halogens is 1. The molecule has 2 N–H and O–H groups in total. The van der Waals surface area contributed by atoms with E-state index in [9.17, 15) is 14.6 Å². The van der Waals surface area contributed by atoms with Crippen LogP contribution in [0.3, 0.4) is 0 Å². The lowest BCUT2D eigenvalue weighted by atomic mass is 9.48. The van der Waals surface area contributed by atoms with Gasteiger partial charge in [-0.05, 0) is 67.2 Å². The summed E-state index contributed by atoms with van der Waals surface area (Å²) in [6.45, 7) is 6.16. The summed E-state index contributed by atoms with van der Waals surface area (Å²) in [5, 5.41) is 19.9. The number of aliphatic hydroxyl groups is 1. The van der Waals surface area contributed by atoms with Crippen molar-refractivity contribution in [3.8, 4) is 5.75 Å². The molecule has 124 valence electrons. The highest BCUT2D eigenvalue weighted by Crippen LogP contribution is 2.64. The van der Waals surface area contributed by atoms with Gasteiger partial charge < -0.3 is 10.2 Å². The second-order valence-electron chi connectivity index (χ2n) is 8.05. The first kappa shape index (κ1) is 15.2. The molecule has 1 unspecified atom stereocenters. The van der Waals surface area contributed by atoms with Crippen LogP contribution in [0.1, 0.15) is 43.7 Å². The first-order valence-electron chi connectivity index (χ1n) is 8.70. The summed E-state index contributed by atoms with van der Waals surface area (Å²) >= 11 is 0. The Kier molecular flexibility index (Phi) is 3.19.